The first kappa shape index (κ1) is 33.1. The first-order valence-corrected chi connectivity index (χ1v) is 21.6. The van der Waals surface area contributed by atoms with Crippen LogP contribution in [0.3, 0.4) is 0 Å². The number of hydrogen-bond donors (Lipinski definition) is 0. The molecule has 0 aliphatic heterocycles. The van der Waals surface area contributed by atoms with Gasteiger partial charge in [0, 0.05) is 15.9 Å². The first-order valence-electron chi connectivity index (χ1n) is 19.9. The third kappa shape index (κ3) is 5.07. The molecule has 0 amide bonds. The maximum Gasteiger partial charge on any atom is 0.171 e. The molecular weight excluding hydrogens is 720 g/mol. The molecule has 2 heteroatoms. The molecule has 1 nitrogen and oxygen atoms in total. The Morgan fingerprint density at radius 2 is 0.672 bits per heavy atom. The van der Waals surface area contributed by atoms with Crippen molar-refractivity contribution in [2.75, 3.05) is 0 Å². The van der Waals surface area contributed by atoms with Gasteiger partial charge in [0.15, 0.2) is 7.14 Å². The molecule has 0 saturated carbocycles. The van der Waals surface area contributed by atoms with Gasteiger partial charge in [0.05, 0.1) is 0 Å². The Balaban J connectivity index is 1.10. The van der Waals surface area contributed by atoms with Crippen LogP contribution in [0.4, 0.5) is 0 Å². The summed E-state index contributed by atoms with van der Waals surface area (Å²) < 4.78 is 16.4. The standard InChI is InChI=1S/C56H35OP/c57-58(49-26-21-43-29-39-11-1-3-13-41(39)31-46(43)33-49,50-27-22-44-30-40-12-2-4-14-42(40)32-47(44)34-50)48-24-19-38(20-25-48)55-53-28-23-36-9-5-7-15-51(36)54(53)35-45-18-17-37-10-6-8-16-52(37)56(45)55/h1-35H. The van der Waals surface area contributed by atoms with E-state index in [1.807, 2.05) is 0 Å². The lowest BCUT2D eigenvalue weighted by atomic mass is 9.87. The Hall–Kier alpha value is -7.05. The number of hydrogen-bond acceptors (Lipinski definition) is 1. The Bertz CT molecular complexity index is 3590. The van der Waals surface area contributed by atoms with Gasteiger partial charge in [-0.1, -0.05) is 170 Å². The topological polar surface area (TPSA) is 17.1 Å². The van der Waals surface area contributed by atoms with E-state index in [0.29, 0.717) is 0 Å². The highest BCUT2D eigenvalue weighted by Crippen LogP contribution is 2.46. The monoisotopic (exact) mass is 754 g/mol. The molecule has 0 aromatic heterocycles. The van der Waals surface area contributed by atoms with Crippen molar-refractivity contribution in [2.24, 2.45) is 0 Å². The molecule has 0 aliphatic rings. The molecule has 12 aromatic carbocycles. The summed E-state index contributed by atoms with van der Waals surface area (Å²) in [5.74, 6) is 0. The molecule has 0 N–H and O–H groups in total. The van der Waals surface area contributed by atoms with Crippen molar-refractivity contribution in [3.63, 3.8) is 0 Å². The normalized spacial score (nSPS) is 12.2. The Morgan fingerprint density at radius 3 is 1.26 bits per heavy atom. The highest BCUT2D eigenvalue weighted by molar-refractivity contribution is 7.85. The van der Waals surface area contributed by atoms with Crippen LogP contribution >= 0.6 is 7.14 Å². The van der Waals surface area contributed by atoms with Crippen molar-refractivity contribution < 1.29 is 4.57 Å². The highest BCUT2D eigenvalue weighted by atomic mass is 31.2. The molecule has 270 valence electrons. The van der Waals surface area contributed by atoms with Gasteiger partial charge in [-0.3, -0.25) is 0 Å². The summed E-state index contributed by atoms with van der Waals surface area (Å²) in [5.41, 5.74) is 2.30. The van der Waals surface area contributed by atoms with Crippen LogP contribution in [0.15, 0.2) is 212 Å². The van der Waals surface area contributed by atoms with Gasteiger partial charge in [0.1, 0.15) is 0 Å². The zero-order valence-corrected chi connectivity index (χ0v) is 32.5. The Labute approximate surface area is 335 Å². The van der Waals surface area contributed by atoms with E-state index < -0.39 is 7.14 Å². The molecular formula is C56H35OP. The van der Waals surface area contributed by atoms with Crippen molar-refractivity contribution in [1.29, 1.82) is 0 Å². The second-order valence-electron chi connectivity index (χ2n) is 15.6. The zero-order chi connectivity index (χ0) is 38.4. The summed E-state index contributed by atoms with van der Waals surface area (Å²) in [4.78, 5) is 0. The largest absolute Gasteiger partial charge is 0.309 e. The summed E-state index contributed by atoms with van der Waals surface area (Å²) in [5, 5.41) is 21.5. The predicted molar refractivity (Wildman–Crippen MR) is 251 cm³/mol. The van der Waals surface area contributed by atoms with Crippen molar-refractivity contribution in [2.45, 2.75) is 0 Å². The maximum atomic E-state index is 16.4. The van der Waals surface area contributed by atoms with Crippen LogP contribution in [0, 0.1) is 0 Å². The minimum Gasteiger partial charge on any atom is -0.309 e. The van der Waals surface area contributed by atoms with Crippen LogP contribution in [0.1, 0.15) is 0 Å². The van der Waals surface area contributed by atoms with E-state index in [2.05, 4.69) is 212 Å². The van der Waals surface area contributed by atoms with Gasteiger partial charge in [-0.2, -0.15) is 0 Å². The summed E-state index contributed by atoms with van der Waals surface area (Å²) >= 11 is 0. The van der Waals surface area contributed by atoms with E-state index in [4.69, 9.17) is 0 Å². The Kier molecular flexibility index (Phi) is 7.27. The van der Waals surface area contributed by atoms with E-state index in [0.717, 1.165) is 43.0 Å². The van der Waals surface area contributed by atoms with Crippen LogP contribution in [-0.2, 0) is 4.57 Å². The SMILES string of the molecule is O=P(c1ccc(-c2c3ccc4ccccc4c3cc3ccc4ccccc4c23)cc1)(c1ccc2cc3ccccc3cc2c1)c1ccc2cc3ccccc3cc2c1. The molecule has 12 aromatic rings. The van der Waals surface area contributed by atoms with Gasteiger partial charge in [-0.25, -0.2) is 0 Å². The highest BCUT2D eigenvalue weighted by Gasteiger charge is 2.31. The molecule has 0 heterocycles. The summed E-state index contributed by atoms with van der Waals surface area (Å²) in [6, 6.07) is 76.0. The van der Waals surface area contributed by atoms with E-state index in [1.54, 1.807) is 0 Å². The molecule has 58 heavy (non-hydrogen) atoms. The third-order valence-corrected chi connectivity index (χ3v) is 15.4. The van der Waals surface area contributed by atoms with Crippen LogP contribution in [0.5, 0.6) is 0 Å². The van der Waals surface area contributed by atoms with Gasteiger partial charge in [0.25, 0.3) is 0 Å². The minimum atomic E-state index is -3.39. The second-order valence-corrected chi connectivity index (χ2v) is 18.4. The molecule has 0 radical (unpaired) electrons. The summed E-state index contributed by atoms with van der Waals surface area (Å²) in [7, 11) is -3.39. The van der Waals surface area contributed by atoms with E-state index in [-0.39, 0.29) is 0 Å². The molecule has 0 fully saturated rings. The van der Waals surface area contributed by atoms with Crippen LogP contribution in [0.25, 0.3) is 97.3 Å². The number of benzene rings is 12. The molecule has 0 spiro atoms. The van der Waals surface area contributed by atoms with Crippen LogP contribution in [0.2, 0.25) is 0 Å². The van der Waals surface area contributed by atoms with Crippen LogP contribution in [-0.4, -0.2) is 0 Å². The van der Waals surface area contributed by atoms with Gasteiger partial charge in [-0.05, 0) is 140 Å². The fraction of sp³-hybridized carbons (Fsp3) is 0. The first-order chi connectivity index (χ1) is 28.6. The van der Waals surface area contributed by atoms with Crippen molar-refractivity contribution in [1.82, 2.24) is 0 Å². The second kappa shape index (κ2) is 12.7. The Morgan fingerprint density at radius 1 is 0.259 bits per heavy atom. The fourth-order valence-electron chi connectivity index (χ4n) is 9.48. The molecule has 12 rings (SSSR count). The van der Waals surface area contributed by atoms with Crippen LogP contribution < -0.4 is 15.9 Å². The summed E-state index contributed by atoms with van der Waals surface area (Å²) in [6.07, 6.45) is 0. The van der Waals surface area contributed by atoms with Gasteiger partial charge >= 0.3 is 0 Å². The van der Waals surface area contributed by atoms with E-state index >= 15 is 4.57 Å². The number of fused-ring (bicyclic) bond motifs is 10. The molecule has 0 atom stereocenters. The average molecular weight is 755 g/mol. The maximum absolute atomic E-state index is 16.4. The van der Waals surface area contributed by atoms with Gasteiger partial charge < -0.3 is 4.57 Å². The fourth-order valence-corrected chi connectivity index (χ4v) is 12.2. The van der Waals surface area contributed by atoms with E-state index in [9.17, 15) is 0 Å². The van der Waals surface area contributed by atoms with Gasteiger partial charge in [-0.15, -0.1) is 0 Å². The van der Waals surface area contributed by atoms with Crippen molar-refractivity contribution in [3.05, 3.63) is 212 Å². The van der Waals surface area contributed by atoms with Crippen molar-refractivity contribution in [3.8, 4) is 11.1 Å². The summed E-state index contributed by atoms with van der Waals surface area (Å²) in [6.45, 7) is 0. The smallest absolute Gasteiger partial charge is 0.171 e. The lowest BCUT2D eigenvalue weighted by Gasteiger charge is -2.22. The minimum absolute atomic E-state index is 0.816. The average Bonchev–Trinajstić information content (AvgIpc) is 3.28. The quantitative estimate of drug-likeness (QED) is 0.0993. The molecule has 0 saturated heterocycles. The van der Waals surface area contributed by atoms with Crippen molar-refractivity contribution >= 4 is 109 Å². The molecule has 0 unspecified atom stereocenters. The zero-order valence-electron chi connectivity index (χ0n) is 31.6. The lowest BCUT2D eigenvalue weighted by molar-refractivity contribution is 0.592. The van der Waals surface area contributed by atoms with Gasteiger partial charge in [0.2, 0.25) is 0 Å². The lowest BCUT2D eigenvalue weighted by Crippen LogP contribution is -2.25. The predicted octanol–water partition coefficient (Wildman–Crippen LogP) is 14.2. The third-order valence-electron chi connectivity index (χ3n) is 12.4. The molecule has 0 aliphatic carbocycles. The number of rotatable bonds is 4. The van der Waals surface area contributed by atoms with E-state index in [1.165, 1.54) is 70.2 Å². The molecule has 0 bridgehead atoms.